The highest BCUT2D eigenvalue weighted by molar-refractivity contribution is 8.00. The lowest BCUT2D eigenvalue weighted by molar-refractivity contribution is -0.138. The van der Waals surface area contributed by atoms with E-state index in [2.05, 4.69) is 11.8 Å². The number of carbonyl (C=O) groups is 1. The summed E-state index contributed by atoms with van der Waals surface area (Å²) in [5, 5.41) is 9.62. The van der Waals surface area contributed by atoms with Crippen molar-refractivity contribution < 1.29 is 9.90 Å². The molecule has 0 aromatic carbocycles. The molecule has 1 N–H and O–H groups in total. The van der Waals surface area contributed by atoms with E-state index in [1.165, 1.54) is 12.2 Å². The van der Waals surface area contributed by atoms with Gasteiger partial charge in [-0.25, -0.2) is 0 Å². The maximum absolute atomic E-state index is 10.9. The highest BCUT2D eigenvalue weighted by Gasteiger charge is 2.35. The molecular weight excluding hydrogens is 242 g/mol. The summed E-state index contributed by atoms with van der Waals surface area (Å²) >= 11 is 3.92. The third kappa shape index (κ3) is 2.87. The number of rotatable bonds is 3. The largest absolute Gasteiger partial charge is 0.481 e. The molecule has 5 heteroatoms. The molecule has 0 aromatic heterocycles. The number of thioether (sulfide) groups is 2. The standard InChI is InChI=1S/C11H19NO2S2/c1-8-10(2-4-16-8)12-3-5-15-7-9(12)6-11(13)14/h8-10H,2-7H2,1H3,(H,13,14). The average molecular weight is 261 g/mol. The summed E-state index contributed by atoms with van der Waals surface area (Å²) in [6.07, 6.45) is 1.54. The van der Waals surface area contributed by atoms with Crippen LogP contribution in [-0.2, 0) is 4.79 Å². The topological polar surface area (TPSA) is 40.5 Å². The molecule has 0 spiro atoms. The first-order valence-corrected chi connectivity index (χ1v) is 8.05. The molecule has 2 heterocycles. The highest BCUT2D eigenvalue weighted by atomic mass is 32.2. The first-order chi connectivity index (χ1) is 7.68. The Balaban J connectivity index is 2.00. The van der Waals surface area contributed by atoms with Crippen LogP contribution in [0.15, 0.2) is 0 Å². The van der Waals surface area contributed by atoms with Crippen molar-refractivity contribution in [3.63, 3.8) is 0 Å². The van der Waals surface area contributed by atoms with Crippen molar-refractivity contribution in [1.29, 1.82) is 0 Å². The number of nitrogens with zero attached hydrogens (tertiary/aromatic N) is 1. The maximum Gasteiger partial charge on any atom is 0.304 e. The van der Waals surface area contributed by atoms with Gasteiger partial charge in [-0.1, -0.05) is 6.92 Å². The predicted octanol–water partition coefficient (Wildman–Crippen LogP) is 1.77. The van der Waals surface area contributed by atoms with E-state index in [1.807, 2.05) is 23.5 Å². The van der Waals surface area contributed by atoms with E-state index in [-0.39, 0.29) is 6.04 Å². The van der Waals surface area contributed by atoms with Gasteiger partial charge in [-0.15, -0.1) is 0 Å². The van der Waals surface area contributed by atoms with E-state index in [9.17, 15) is 4.79 Å². The Labute approximate surface area is 105 Å². The number of carboxylic acid groups (broad SMARTS) is 1. The van der Waals surface area contributed by atoms with Crippen LogP contribution >= 0.6 is 23.5 Å². The second kappa shape index (κ2) is 5.65. The third-order valence-electron chi connectivity index (χ3n) is 3.45. The third-order valence-corrected chi connectivity index (χ3v) is 5.85. The van der Waals surface area contributed by atoms with Crippen molar-refractivity contribution in [2.75, 3.05) is 23.8 Å². The second-order valence-corrected chi connectivity index (χ2v) is 7.13. The van der Waals surface area contributed by atoms with Crippen LogP contribution in [0.3, 0.4) is 0 Å². The lowest BCUT2D eigenvalue weighted by atomic mass is 10.1. The van der Waals surface area contributed by atoms with E-state index in [1.54, 1.807) is 0 Å². The molecule has 0 saturated carbocycles. The lowest BCUT2D eigenvalue weighted by Crippen LogP contribution is -2.51. The SMILES string of the molecule is CC1SCCC1N1CCSCC1CC(=O)O. The quantitative estimate of drug-likeness (QED) is 0.838. The Morgan fingerprint density at radius 2 is 2.31 bits per heavy atom. The van der Waals surface area contributed by atoms with Crippen molar-refractivity contribution in [3.8, 4) is 0 Å². The van der Waals surface area contributed by atoms with Crippen molar-refractivity contribution >= 4 is 29.5 Å². The van der Waals surface area contributed by atoms with Gasteiger partial charge in [0.25, 0.3) is 0 Å². The summed E-state index contributed by atoms with van der Waals surface area (Å²) < 4.78 is 0. The summed E-state index contributed by atoms with van der Waals surface area (Å²) in [6, 6.07) is 0.859. The van der Waals surface area contributed by atoms with Gasteiger partial charge in [-0.3, -0.25) is 9.69 Å². The van der Waals surface area contributed by atoms with Crippen LogP contribution in [0.2, 0.25) is 0 Å². The van der Waals surface area contributed by atoms with E-state index in [4.69, 9.17) is 5.11 Å². The first-order valence-electron chi connectivity index (χ1n) is 5.85. The first kappa shape index (κ1) is 12.6. The fourth-order valence-corrected chi connectivity index (χ4v) is 4.99. The Kier molecular flexibility index (Phi) is 4.44. The zero-order valence-electron chi connectivity index (χ0n) is 9.59. The molecular formula is C11H19NO2S2. The van der Waals surface area contributed by atoms with Gasteiger partial charge in [-0.2, -0.15) is 23.5 Å². The molecule has 92 valence electrons. The van der Waals surface area contributed by atoms with Crippen LogP contribution in [0.5, 0.6) is 0 Å². The van der Waals surface area contributed by atoms with Gasteiger partial charge < -0.3 is 5.11 Å². The molecule has 3 nitrogen and oxygen atoms in total. The van der Waals surface area contributed by atoms with Gasteiger partial charge >= 0.3 is 5.97 Å². The molecule has 0 aliphatic carbocycles. The highest BCUT2D eigenvalue weighted by Crippen LogP contribution is 2.34. The van der Waals surface area contributed by atoms with Crippen LogP contribution in [0.4, 0.5) is 0 Å². The molecule has 2 saturated heterocycles. The van der Waals surface area contributed by atoms with E-state index >= 15 is 0 Å². The minimum absolute atomic E-state index is 0.252. The molecule has 0 radical (unpaired) electrons. The molecule has 2 rings (SSSR count). The minimum Gasteiger partial charge on any atom is -0.481 e. The van der Waals surface area contributed by atoms with Crippen LogP contribution < -0.4 is 0 Å². The summed E-state index contributed by atoms with van der Waals surface area (Å²) in [5.74, 6) is 2.72. The summed E-state index contributed by atoms with van der Waals surface area (Å²) in [5.41, 5.74) is 0. The zero-order chi connectivity index (χ0) is 11.5. The van der Waals surface area contributed by atoms with Crippen molar-refractivity contribution in [2.24, 2.45) is 0 Å². The summed E-state index contributed by atoms with van der Waals surface area (Å²) in [4.78, 5) is 13.3. The number of hydrogen-bond donors (Lipinski definition) is 1. The Morgan fingerprint density at radius 3 is 2.94 bits per heavy atom. The predicted molar refractivity (Wildman–Crippen MR) is 70.4 cm³/mol. The monoisotopic (exact) mass is 261 g/mol. The second-order valence-electron chi connectivity index (χ2n) is 4.50. The maximum atomic E-state index is 10.9. The molecule has 0 bridgehead atoms. The Morgan fingerprint density at radius 1 is 1.50 bits per heavy atom. The van der Waals surface area contributed by atoms with Gasteiger partial charge in [0.15, 0.2) is 0 Å². The van der Waals surface area contributed by atoms with E-state index in [0.29, 0.717) is 17.7 Å². The number of hydrogen-bond acceptors (Lipinski definition) is 4. The summed E-state index contributed by atoms with van der Waals surface area (Å²) in [7, 11) is 0. The fourth-order valence-electron chi connectivity index (χ4n) is 2.64. The molecule has 16 heavy (non-hydrogen) atoms. The Hall–Kier alpha value is 0.130. The van der Waals surface area contributed by atoms with Gasteiger partial charge in [0.05, 0.1) is 6.42 Å². The minimum atomic E-state index is -0.657. The van der Waals surface area contributed by atoms with Crippen LogP contribution in [0.1, 0.15) is 19.8 Å². The molecule has 2 fully saturated rings. The zero-order valence-corrected chi connectivity index (χ0v) is 11.2. The number of carboxylic acids is 1. The molecule has 3 atom stereocenters. The lowest BCUT2D eigenvalue weighted by Gasteiger charge is -2.40. The van der Waals surface area contributed by atoms with Crippen molar-refractivity contribution in [1.82, 2.24) is 4.90 Å². The average Bonchev–Trinajstić information content (AvgIpc) is 2.64. The van der Waals surface area contributed by atoms with Crippen LogP contribution in [-0.4, -0.2) is 57.1 Å². The van der Waals surface area contributed by atoms with Crippen LogP contribution in [0, 0.1) is 0 Å². The normalized spacial score (nSPS) is 36.4. The molecule has 0 aromatic rings. The Bertz CT molecular complexity index is 262. The number of aliphatic carboxylic acids is 1. The van der Waals surface area contributed by atoms with E-state index in [0.717, 1.165) is 18.1 Å². The molecule has 3 unspecified atom stereocenters. The van der Waals surface area contributed by atoms with Crippen LogP contribution in [0.25, 0.3) is 0 Å². The van der Waals surface area contributed by atoms with Crippen molar-refractivity contribution in [2.45, 2.75) is 37.1 Å². The molecule has 0 amide bonds. The van der Waals surface area contributed by atoms with Gasteiger partial charge in [-0.05, 0) is 12.2 Å². The van der Waals surface area contributed by atoms with Gasteiger partial charge in [0, 0.05) is 35.4 Å². The fraction of sp³-hybridized carbons (Fsp3) is 0.909. The van der Waals surface area contributed by atoms with Gasteiger partial charge in [0.1, 0.15) is 0 Å². The molecule has 2 aliphatic heterocycles. The smallest absolute Gasteiger partial charge is 0.304 e. The van der Waals surface area contributed by atoms with Crippen molar-refractivity contribution in [3.05, 3.63) is 0 Å². The van der Waals surface area contributed by atoms with Gasteiger partial charge in [0.2, 0.25) is 0 Å². The summed E-state index contributed by atoms with van der Waals surface area (Å²) in [6.45, 7) is 3.35. The van der Waals surface area contributed by atoms with E-state index < -0.39 is 5.97 Å². The molecule has 2 aliphatic rings.